The molecule has 2 rings (SSSR count). The Balaban J connectivity index is 2.23. The van der Waals surface area contributed by atoms with E-state index in [-0.39, 0.29) is 0 Å². The fourth-order valence-corrected chi connectivity index (χ4v) is 3.14. The lowest BCUT2D eigenvalue weighted by atomic mass is 10.2. The van der Waals surface area contributed by atoms with E-state index in [4.69, 9.17) is 16.3 Å². The molecule has 0 heterocycles. The maximum atomic E-state index is 6.04. The monoisotopic (exact) mass is 303 g/mol. The van der Waals surface area contributed by atoms with Crippen molar-refractivity contribution in [3.63, 3.8) is 0 Å². The quantitative estimate of drug-likeness (QED) is 0.890. The molecule has 0 radical (unpaired) electrons. The van der Waals surface area contributed by atoms with Gasteiger partial charge in [0, 0.05) is 11.1 Å². The summed E-state index contributed by atoms with van der Waals surface area (Å²) in [5, 5.41) is 4.22. The molecule has 0 aromatic heterocycles. The van der Waals surface area contributed by atoms with Gasteiger partial charge in [-0.1, -0.05) is 24.4 Å². The van der Waals surface area contributed by atoms with Crippen LogP contribution < -0.4 is 10.1 Å². The van der Waals surface area contributed by atoms with E-state index in [9.17, 15) is 0 Å². The number of anilines is 1. The summed E-state index contributed by atoms with van der Waals surface area (Å²) in [6.07, 6.45) is 5.07. The molecule has 4 heteroatoms. The Morgan fingerprint density at radius 1 is 1.38 bits per heavy atom. The highest BCUT2D eigenvalue weighted by Gasteiger charge is 2.17. The minimum atomic E-state index is 0.555. The molecule has 16 heavy (non-hydrogen) atoms. The molecule has 0 spiro atoms. The first-order chi connectivity index (χ1) is 7.70. The molecule has 1 aliphatic rings. The highest BCUT2D eigenvalue weighted by atomic mass is 79.9. The summed E-state index contributed by atoms with van der Waals surface area (Å²) in [5.41, 5.74) is 0.980. The number of hydrogen-bond donors (Lipinski definition) is 1. The third-order valence-corrected chi connectivity index (χ3v) is 3.73. The summed E-state index contributed by atoms with van der Waals surface area (Å²) in [4.78, 5) is 0. The highest BCUT2D eigenvalue weighted by Crippen LogP contribution is 2.37. The van der Waals surface area contributed by atoms with Crippen molar-refractivity contribution in [2.45, 2.75) is 31.7 Å². The second-order valence-corrected chi connectivity index (χ2v) is 5.38. The maximum absolute atomic E-state index is 6.04. The number of methoxy groups -OCH3 is 1. The predicted octanol–water partition coefficient (Wildman–Crippen LogP) is 4.47. The minimum Gasteiger partial charge on any atom is -0.493 e. The molecule has 0 amide bonds. The average Bonchev–Trinajstić information content (AvgIpc) is 2.70. The maximum Gasteiger partial charge on any atom is 0.156 e. The summed E-state index contributed by atoms with van der Waals surface area (Å²) < 4.78 is 6.27. The van der Waals surface area contributed by atoms with Crippen LogP contribution >= 0.6 is 27.5 Å². The first-order valence-electron chi connectivity index (χ1n) is 5.50. The topological polar surface area (TPSA) is 21.3 Å². The van der Waals surface area contributed by atoms with Gasteiger partial charge in [-0.2, -0.15) is 0 Å². The fraction of sp³-hybridized carbons (Fsp3) is 0.500. The van der Waals surface area contributed by atoms with Gasteiger partial charge in [-0.25, -0.2) is 0 Å². The van der Waals surface area contributed by atoms with E-state index in [1.165, 1.54) is 25.7 Å². The van der Waals surface area contributed by atoms with Crippen molar-refractivity contribution >= 4 is 33.2 Å². The van der Waals surface area contributed by atoms with Crippen molar-refractivity contribution in [1.82, 2.24) is 0 Å². The molecule has 0 bridgehead atoms. The van der Waals surface area contributed by atoms with E-state index in [0.29, 0.717) is 11.1 Å². The lowest BCUT2D eigenvalue weighted by molar-refractivity contribution is 0.413. The van der Waals surface area contributed by atoms with E-state index in [0.717, 1.165) is 15.9 Å². The van der Waals surface area contributed by atoms with Crippen molar-refractivity contribution in [2.75, 3.05) is 12.4 Å². The summed E-state index contributed by atoms with van der Waals surface area (Å²) >= 11 is 9.50. The fourth-order valence-electron chi connectivity index (χ4n) is 2.17. The summed E-state index contributed by atoms with van der Waals surface area (Å²) in [7, 11) is 1.67. The van der Waals surface area contributed by atoms with Crippen molar-refractivity contribution in [3.05, 3.63) is 21.6 Å². The van der Waals surface area contributed by atoms with Gasteiger partial charge in [0.2, 0.25) is 0 Å². The second kappa shape index (κ2) is 5.28. The lowest BCUT2D eigenvalue weighted by Crippen LogP contribution is -2.15. The second-order valence-electron chi connectivity index (χ2n) is 4.09. The average molecular weight is 305 g/mol. The molecule has 1 aromatic rings. The Morgan fingerprint density at radius 3 is 2.69 bits per heavy atom. The Hall–Kier alpha value is -0.410. The van der Waals surface area contributed by atoms with Crippen molar-refractivity contribution in [1.29, 1.82) is 0 Å². The van der Waals surface area contributed by atoms with Gasteiger partial charge in [-0.3, -0.25) is 0 Å². The van der Waals surface area contributed by atoms with Crippen LogP contribution in [-0.2, 0) is 0 Å². The van der Waals surface area contributed by atoms with Gasteiger partial charge in [-0.15, -0.1) is 0 Å². The van der Waals surface area contributed by atoms with Crippen LogP contribution in [0.4, 0.5) is 5.69 Å². The molecular weight excluding hydrogens is 289 g/mol. The first kappa shape index (κ1) is 12.1. The molecule has 1 aliphatic carbocycles. The van der Waals surface area contributed by atoms with Crippen LogP contribution in [0.2, 0.25) is 5.02 Å². The van der Waals surface area contributed by atoms with Crippen LogP contribution in [0.1, 0.15) is 25.7 Å². The van der Waals surface area contributed by atoms with Gasteiger partial charge in [0.25, 0.3) is 0 Å². The van der Waals surface area contributed by atoms with E-state index < -0.39 is 0 Å². The van der Waals surface area contributed by atoms with Crippen LogP contribution in [0.5, 0.6) is 5.75 Å². The minimum absolute atomic E-state index is 0.555. The van der Waals surface area contributed by atoms with Gasteiger partial charge in [0.05, 0.1) is 17.3 Å². The number of ether oxygens (including phenoxy) is 1. The number of hydrogen-bond acceptors (Lipinski definition) is 2. The number of nitrogens with one attached hydrogen (secondary N) is 1. The van der Waals surface area contributed by atoms with Gasteiger partial charge in [-0.05, 0) is 40.9 Å². The molecule has 2 nitrogen and oxygen atoms in total. The predicted molar refractivity (Wildman–Crippen MR) is 71.6 cm³/mol. The Morgan fingerprint density at radius 2 is 2.06 bits per heavy atom. The SMILES string of the molecule is COc1c(Br)cc(Cl)cc1NC1CCCC1. The molecule has 1 aromatic carbocycles. The third kappa shape index (κ3) is 2.64. The Kier molecular flexibility index (Phi) is 3.98. The van der Waals surface area contributed by atoms with Crippen LogP contribution in [0.15, 0.2) is 16.6 Å². The molecule has 1 saturated carbocycles. The lowest BCUT2D eigenvalue weighted by Gasteiger charge is -2.17. The van der Waals surface area contributed by atoms with E-state index in [2.05, 4.69) is 21.2 Å². The van der Waals surface area contributed by atoms with Crippen molar-refractivity contribution < 1.29 is 4.74 Å². The number of halogens is 2. The molecule has 1 fully saturated rings. The van der Waals surface area contributed by atoms with Gasteiger partial charge >= 0.3 is 0 Å². The number of rotatable bonds is 3. The standard InChI is InChI=1S/C12H15BrClNO/c1-16-12-10(13)6-8(14)7-11(12)15-9-4-2-3-5-9/h6-7,9,15H,2-5H2,1H3. The highest BCUT2D eigenvalue weighted by molar-refractivity contribution is 9.10. The largest absolute Gasteiger partial charge is 0.493 e. The molecule has 0 aliphatic heterocycles. The van der Waals surface area contributed by atoms with E-state index in [1.807, 2.05) is 12.1 Å². The molecule has 88 valence electrons. The van der Waals surface area contributed by atoms with Crippen LogP contribution in [0.3, 0.4) is 0 Å². The van der Waals surface area contributed by atoms with Crippen molar-refractivity contribution in [3.8, 4) is 5.75 Å². The van der Waals surface area contributed by atoms with Crippen LogP contribution in [0, 0.1) is 0 Å². The normalized spacial score (nSPS) is 16.4. The number of benzene rings is 1. The zero-order valence-corrected chi connectivity index (χ0v) is 11.6. The zero-order chi connectivity index (χ0) is 11.5. The molecule has 0 unspecified atom stereocenters. The molecule has 1 N–H and O–H groups in total. The summed E-state index contributed by atoms with van der Waals surface area (Å²) in [5.74, 6) is 0.830. The first-order valence-corrected chi connectivity index (χ1v) is 6.67. The van der Waals surface area contributed by atoms with E-state index in [1.54, 1.807) is 7.11 Å². The zero-order valence-electron chi connectivity index (χ0n) is 9.22. The third-order valence-electron chi connectivity index (χ3n) is 2.93. The van der Waals surface area contributed by atoms with E-state index >= 15 is 0 Å². The summed E-state index contributed by atoms with van der Waals surface area (Å²) in [6, 6.07) is 4.32. The molecular formula is C12H15BrClNO. The Bertz CT molecular complexity index is 378. The van der Waals surface area contributed by atoms with Gasteiger partial charge in [0.15, 0.2) is 5.75 Å². The molecule has 0 saturated heterocycles. The summed E-state index contributed by atoms with van der Waals surface area (Å²) in [6.45, 7) is 0. The van der Waals surface area contributed by atoms with Crippen LogP contribution in [0.25, 0.3) is 0 Å². The molecule has 0 atom stereocenters. The van der Waals surface area contributed by atoms with Gasteiger partial charge in [0.1, 0.15) is 0 Å². The van der Waals surface area contributed by atoms with Crippen LogP contribution in [-0.4, -0.2) is 13.2 Å². The van der Waals surface area contributed by atoms with Crippen molar-refractivity contribution in [2.24, 2.45) is 0 Å². The smallest absolute Gasteiger partial charge is 0.156 e. The Labute approximate surface area is 109 Å². The van der Waals surface area contributed by atoms with Gasteiger partial charge < -0.3 is 10.1 Å².